The fraction of sp³-hybridized carbons (Fsp3) is 0.167. The Balaban J connectivity index is 2.80. The van der Waals surface area contributed by atoms with Crippen molar-refractivity contribution in [3.8, 4) is 0 Å². The van der Waals surface area contributed by atoms with Gasteiger partial charge in [-0.1, -0.05) is 0 Å². The molecule has 0 radical (unpaired) electrons. The molecule has 0 atom stereocenters. The summed E-state index contributed by atoms with van der Waals surface area (Å²) in [5.74, 6) is -0.996. The van der Waals surface area contributed by atoms with E-state index < -0.39 is 11.8 Å². The monoisotopic (exact) mass is 248 g/mol. The fourth-order valence-electron chi connectivity index (χ4n) is 1.15. The number of carbonyl (C=O) groups is 2. The van der Waals surface area contributed by atoms with Gasteiger partial charge in [0.05, 0.1) is 13.2 Å². The first-order valence-corrected chi connectivity index (χ1v) is 5.14. The number of aliphatic hydroxyl groups is 2. The summed E-state index contributed by atoms with van der Waals surface area (Å²) in [7, 11) is 0. The van der Waals surface area contributed by atoms with Gasteiger partial charge in [-0.05, 0) is 24.3 Å². The minimum absolute atomic E-state index is 0.307. The highest BCUT2D eigenvalue weighted by molar-refractivity contribution is 6.02. The van der Waals surface area contributed by atoms with E-state index >= 15 is 0 Å². The van der Waals surface area contributed by atoms with Gasteiger partial charge in [-0.3, -0.25) is 9.59 Å². The van der Waals surface area contributed by atoms with Gasteiger partial charge in [0.1, 0.15) is 0 Å². The van der Waals surface area contributed by atoms with Gasteiger partial charge in [0.2, 0.25) is 0 Å². The number of aliphatic hydroxyl groups excluding tert-OH is 2. The van der Waals surface area contributed by atoms with Crippen molar-refractivity contribution >= 4 is 24.2 Å². The number of rotatable bonds is 4. The molecule has 2 N–H and O–H groups in total. The number of hydrogen-bond donors (Lipinski definition) is 2. The summed E-state index contributed by atoms with van der Waals surface area (Å²) in [6.07, 6.45) is 2.18. The van der Waals surface area contributed by atoms with Crippen molar-refractivity contribution in [2.45, 2.75) is 0 Å². The van der Waals surface area contributed by atoms with Gasteiger partial charge in [0, 0.05) is 23.6 Å². The van der Waals surface area contributed by atoms with Crippen molar-refractivity contribution in [3.05, 3.63) is 35.4 Å². The molecular weight excluding hydrogens is 236 g/mol. The number of amides is 2. The van der Waals surface area contributed by atoms with Crippen LogP contribution < -0.4 is 0 Å². The third kappa shape index (κ3) is 4.00. The lowest BCUT2D eigenvalue weighted by atomic mass is 10.1. The molecule has 0 bridgehead atoms. The van der Waals surface area contributed by atoms with E-state index in [4.69, 9.17) is 10.2 Å². The van der Waals surface area contributed by atoms with Crippen LogP contribution in [0.5, 0.6) is 0 Å². The minimum Gasteiger partial charge on any atom is -0.391 e. The first-order chi connectivity index (χ1) is 8.69. The molecule has 1 rings (SSSR count). The van der Waals surface area contributed by atoms with Crippen molar-refractivity contribution in [3.63, 3.8) is 0 Å². The molecule has 0 aromatic heterocycles. The Morgan fingerprint density at radius 2 is 1.22 bits per heavy atom. The molecular formula is C12H12N2O4. The van der Waals surface area contributed by atoms with Crippen LogP contribution in [0.3, 0.4) is 0 Å². The molecule has 0 spiro atoms. The predicted molar refractivity (Wildman–Crippen MR) is 66.3 cm³/mol. The van der Waals surface area contributed by atoms with Crippen LogP contribution in [0.2, 0.25) is 0 Å². The highest BCUT2D eigenvalue weighted by Crippen LogP contribution is 2.07. The maximum Gasteiger partial charge on any atom is 0.276 e. The van der Waals surface area contributed by atoms with Gasteiger partial charge in [0.15, 0.2) is 0 Å². The lowest BCUT2D eigenvalue weighted by Gasteiger charge is -1.97. The van der Waals surface area contributed by atoms with E-state index in [-0.39, 0.29) is 13.2 Å². The molecule has 1 aromatic carbocycles. The van der Waals surface area contributed by atoms with Crippen LogP contribution >= 0.6 is 0 Å². The van der Waals surface area contributed by atoms with Crippen LogP contribution in [0, 0.1) is 0 Å². The fourth-order valence-corrected chi connectivity index (χ4v) is 1.15. The second-order valence-electron chi connectivity index (χ2n) is 3.18. The van der Waals surface area contributed by atoms with Crippen molar-refractivity contribution in [1.29, 1.82) is 0 Å². The zero-order valence-corrected chi connectivity index (χ0v) is 9.48. The van der Waals surface area contributed by atoms with Crippen LogP contribution in [0.15, 0.2) is 34.3 Å². The summed E-state index contributed by atoms with van der Waals surface area (Å²) >= 11 is 0. The molecule has 0 unspecified atom stereocenters. The predicted octanol–water partition coefficient (Wildman–Crippen LogP) is 0.0932. The number of aliphatic imine (C=N–C) groups is 2. The van der Waals surface area contributed by atoms with Gasteiger partial charge >= 0.3 is 0 Å². The Kier molecular flexibility index (Phi) is 5.56. The number of nitrogens with zero attached hydrogens (tertiary/aromatic N) is 2. The Labute approximate surface area is 103 Å². The Morgan fingerprint density at radius 1 is 0.889 bits per heavy atom. The molecule has 0 aliphatic heterocycles. The number of carbonyl (C=O) groups excluding carboxylic acids is 2. The van der Waals surface area contributed by atoms with Crippen molar-refractivity contribution in [1.82, 2.24) is 0 Å². The zero-order chi connectivity index (χ0) is 13.4. The SMILES string of the molecule is O=C(N=CCO)c1ccc(C(=O)N=CCO)cc1. The van der Waals surface area contributed by atoms with Crippen LogP contribution in [-0.4, -0.2) is 47.7 Å². The minimum atomic E-state index is -0.498. The highest BCUT2D eigenvalue weighted by atomic mass is 16.3. The summed E-state index contributed by atoms with van der Waals surface area (Å²) in [4.78, 5) is 29.8. The average Bonchev–Trinajstić information content (AvgIpc) is 2.42. The van der Waals surface area contributed by atoms with Crippen LogP contribution in [0.1, 0.15) is 20.7 Å². The van der Waals surface area contributed by atoms with E-state index in [1.165, 1.54) is 24.3 Å². The molecule has 6 nitrogen and oxygen atoms in total. The van der Waals surface area contributed by atoms with Crippen LogP contribution in [0.4, 0.5) is 0 Å². The highest BCUT2D eigenvalue weighted by Gasteiger charge is 2.06. The lowest BCUT2D eigenvalue weighted by Crippen LogP contribution is -2.00. The van der Waals surface area contributed by atoms with E-state index in [2.05, 4.69) is 9.98 Å². The topological polar surface area (TPSA) is 99.3 Å². The molecule has 0 aliphatic carbocycles. The molecule has 0 saturated carbocycles. The Hall–Kier alpha value is -2.18. The number of benzene rings is 1. The smallest absolute Gasteiger partial charge is 0.276 e. The third-order valence-corrected chi connectivity index (χ3v) is 1.96. The molecule has 0 saturated heterocycles. The van der Waals surface area contributed by atoms with E-state index in [0.717, 1.165) is 12.4 Å². The van der Waals surface area contributed by atoms with Gasteiger partial charge in [-0.25, -0.2) is 9.98 Å². The second-order valence-corrected chi connectivity index (χ2v) is 3.18. The second kappa shape index (κ2) is 7.21. The lowest BCUT2D eigenvalue weighted by molar-refractivity contribution is 0.0991. The van der Waals surface area contributed by atoms with Gasteiger partial charge in [0.25, 0.3) is 11.8 Å². The van der Waals surface area contributed by atoms with Gasteiger partial charge in [-0.15, -0.1) is 0 Å². The van der Waals surface area contributed by atoms with E-state index in [1.807, 2.05) is 0 Å². The average molecular weight is 248 g/mol. The molecule has 6 heteroatoms. The van der Waals surface area contributed by atoms with Gasteiger partial charge in [-0.2, -0.15) is 0 Å². The van der Waals surface area contributed by atoms with E-state index in [9.17, 15) is 9.59 Å². The summed E-state index contributed by atoms with van der Waals surface area (Å²) in [6.45, 7) is -0.615. The Bertz CT molecular complexity index is 432. The molecule has 0 fully saturated rings. The van der Waals surface area contributed by atoms with Crippen LogP contribution in [-0.2, 0) is 0 Å². The zero-order valence-electron chi connectivity index (χ0n) is 9.48. The van der Waals surface area contributed by atoms with E-state index in [1.54, 1.807) is 0 Å². The molecule has 2 amide bonds. The maximum atomic E-state index is 11.4. The molecule has 0 heterocycles. The van der Waals surface area contributed by atoms with E-state index in [0.29, 0.717) is 11.1 Å². The quantitative estimate of drug-likeness (QED) is 0.738. The molecule has 1 aromatic rings. The first kappa shape index (κ1) is 13.9. The van der Waals surface area contributed by atoms with Crippen molar-refractivity contribution in [2.75, 3.05) is 13.2 Å². The number of hydrogen-bond acceptors (Lipinski definition) is 4. The van der Waals surface area contributed by atoms with Crippen molar-refractivity contribution in [2.24, 2.45) is 9.98 Å². The standard InChI is InChI=1S/C12H12N2O4/c15-7-5-13-11(17)9-1-2-10(4-3-9)12(18)14-6-8-16/h1-6,15-16H,7-8H2. The largest absolute Gasteiger partial charge is 0.391 e. The summed E-state index contributed by atoms with van der Waals surface area (Å²) in [5.41, 5.74) is 0.616. The van der Waals surface area contributed by atoms with Gasteiger partial charge < -0.3 is 10.2 Å². The summed E-state index contributed by atoms with van der Waals surface area (Å²) in [5, 5.41) is 17.0. The molecule has 18 heavy (non-hydrogen) atoms. The first-order valence-electron chi connectivity index (χ1n) is 5.14. The normalized spacial score (nSPS) is 11.2. The van der Waals surface area contributed by atoms with Crippen LogP contribution in [0.25, 0.3) is 0 Å². The maximum absolute atomic E-state index is 11.4. The Morgan fingerprint density at radius 3 is 1.50 bits per heavy atom. The third-order valence-electron chi connectivity index (χ3n) is 1.96. The summed E-state index contributed by atoms with van der Waals surface area (Å²) in [6, 6.07) is 5.77. The van der Waals surface area contributed by atoms with Crippen molar-refractivity contribution < 1.29 is 19.8 Å². The molecule has 0 aliphatic rings. The molecule has 94 valence electrons. The summed E-state index contributed by atoms with van der Waals surface area (Å²) < 4.78 is 0.